The van der Waals surface area contributed by atoms with Gasteiger partial charge in [0.05, 0.1) is 32.9 Å². The number of carbonyl (C=O) groups is 3. The van der Waals surface area contributed by atoms with E-state index in [0.717, 1.165) is 5.69 Å². The standard InChI is InChI=1S/C27H28Cl3N3O4/c1-3-37-27(36)26-17(2)33(24(34)15-19(26)18-8-9-20(28)22(30)14-18)16-25(35)32-12-10-31(11-13-32)23-7-5-4-6-21(23)29/h4-9,14,19H,3,10-13,15-16H2,1-2H3. The molecule has 0 N–H and O–H groups in total. The number of carbonyl (C=O) groups excluding carboxylic acids is 3. The van der Waals surface area contributed by atoms with E-state index in [4.69, 9.17) is 39.5 Å². The molecule has 0 aliphatic carbocycles. The molecule has 196 valence electrons. The number of hydrogen-bond acceptors (Lipinski definition) is 5. The van der Waals surface area contributed by atoms with Gasteiger partial charge in [-0.15, -0.1) is 0 Å². The Labute approximate surface area is 231 Å². The Morgan fingerprint density at radius 2 is 1.68 bits per heavy atom. The molecular formula is C27H28Cl3N3O4. The Hall–Kier alpha value is -2.74. The Bertz CT molecular complexity index is 1240. The molecule has 2 aliphatic rings. The highest BCUT2D eigenvalue weighted by atomic mass is 35.5. The highest BCUT2D eigenvalue weighted by molar-refractivity contribution is 6.42. The van der Waals surface area contributed by atoms with Crippen LogP contribution in [0.3, 0.4) is 0 Å². The van der Waals surface area contributed by atoms with Crippen molar-refractivity contribution >= 4 is 58.3 Å². The van der Waals surface area contributed by atoms with Gasteiger partial charge in [-0.05, 0) is 43.7 Å². The lowest BCUT2D eigenvalue weighted by Gasteiger charge is -2.38. The van der Waals surface area contributed by atoms with E-state index in [2.05, 4.69) is 4.90 Å². The van der Waals surface area contributed by atoms with E-state index in [1.807, 2.05) is 24.3 Å². The Morgan fingerprint density at radius 3 is 2.32 bits per heavy atom. The molecule has 1 saturated heterocycles. The molecule has 0 saturated carbocycles. The number of esters is 1. The van der Waals surface area contributed by atoms with Crippen LogP contribution in [0, 0.1) is 0 Å². The van der Waals surface area contributed by atoms with Crippen molar-refractivity contribution in [3.05, 3.63) is 74.4 Å². The van der Waals surface area contributed by atoms with Gasteiger partial charge in [-0.25, -0.2) is 4.79 Å². The SMILES string of the molecule is CCOC(=O)C1=C(C)N(CC(=O)N2CCN(c3ccccc3Cl)CC2)C(=O)CC1c1ccc(Cl)c(Cl)c1. The molecule has 2 heterocycles. The minimum absolute atomic E-state index is 0.0109. The van der Waals surface area contributed by atoms with Crippen molar-refractivity contribution in [2.24, 2.45) is 0 Å². The molecule has 7 nitrogen and oxygen atoms in total. The van der Waals surface area contributed by atoms with Crippen molar-refractivity contribution in [2.75, 3.05) is 44.2 Å². The molecule has 1 atom stereocenters. The van der Waals surface area contributed by atoms with Crippen molar-refractivity contribution in [2.45, 2.75) is 26.2 Å². The molecule has 1 fully saturated rings. The topological polar surface area (TPSA) is 70.2 Å². The zero-order valence-corrected chi connectivity index (χ0v) is 22.9. The van der Waals surface area contributed by atoms with Gasteiger partial charge in [0, 0.05) is 44.2 Å². The average Bonchev–Trinajstić information content (AvgIpc) is 2.88. The molecule has 10 heteroatoms. The Balaban J connectivity index is 1.52. The summed E-state index contributed by atoms with van der Waals surface area (Å²) in [5.41, 5.74) is 2.38. The maximum absolute atomic E-state index is 13.2. The molecule has 0 aromatic heterocycles. The number of para-hydroxylation sites is 1. The first-order valence-electron chi connectivity index (χ1n) is 12.1. The highest BCUT2D eigenvalue weighted by Crippen LogP contribution is 2.39. The summed E-state index contributed by atoms with van der Waals surface area (Å²) in [6.07, 6.45) is 0.0109. The van der Waals surface area contributed by atoms with Crippen molar-refractivity contribution in [1.29, 1.82) is 0 Å². The third-order valence-corrected chi connectivity index (χ3v) is 7.84. The van der Waals surface area contributed by atoms with E-state index < -0.39 is 11.9 Å². The molecule has 2 aromatic rings. The van der Waals surface area contributed by atoms with E-state index in [0.29, 0.717) is 58.1 Å². The van der Waals surface area contributed by atoms with Gasteiger partial charge in [0.15, 0.2) is 0 Å². The van der Waals surface area contributed by atoms with Crippen LogP contribution in [0.25, 0.3) is 0 Å². The quantitative estimate of drug-likeness (QED) is 0.454. The van der Waals surface area contributed by atoms with Crippen LogP contribution < -0.4 is 4.90 Å². The zero-order valence-electron chi connectivity index (χ0n) is 20.7. The van der Waals surface area contributed by atoms with Gasteiger partial charge in [0.25, 0.3) is 0 Å². The van der Waals surface area contributed by atoms with E-state index in [-0.39, 0.29) is 31.4 Å². The predicted molar refractivity (Wildman–Crippen MR) is 145 cm³/mol. The first-order chi connectivity index (χ1) is 17.7. The van der Waals surface area contributed by atoms with Gasteiger partial charge in [0.1, 0.15) is 6.54 Å². The van der Waals surface area contributed by atoms with Gasteiger partial charge in [-0.1, -0.05) is 53.0 Å². The number of benzene rings is 2. The first-order valence-corrected chi connectivity index (χ1v) is 13.2. The Kier molecular flexibility index (Phi) is 8.67. The second kappa shape index (κ2) is 11.8. The predicted octanol–water partition coefficient (Wildman–Crippen LogP) is 5.15. The molecule has 2 aromatic carbocycles. The maximum atomic E-state index is 13.2. The van der Waals surface area contributed by atoms with Gasteiger partial charge in [-0.3, -0.25) is 9.59 Å². The monoisotopic (exact) mass is 563 g/mol. The van der Waals surface area contributed by atoms with Gasteiger partial charge in [0.2, 0.25) is 11.8 Å². The van der Waals surface area contributed by atoms with E-state index in [9.17, 15) is 14.4 Å². The van der Waals surface area contributed by atoms with Crippen LogP contribution in [0.2, 0.25) is 15.1 Å². The lowest BCUT2D eigenvalue weighted by atomic mass is 9.83. The van der Waals surface area contributed by atoms with Crippen molar-refractivity contribution < 1.29 is 19.1 Å². The van der Waals surface area contributed by atoms with E-state index >= 15 is 0 Å². The molecule has 2 aliphatic heterocycles. The second-order valence-electron chi connectivity index (χ2n) is 8.95. The van der Waals surface area contributed by atoms with Crippen LogP contribution in [0.15, 0.2) is 53.7 Å². The number of allylic oxidation sites excluding steroid dienone is 1. The summed E-state index contributed by atoms with van der Waals surface area (Å²) in [7, 11) is 0. The number of hydrogen-bond donors (Lipinski definition) is 0. The number of rotatable bonds is 6. The largest absolute Gasteiger partial charge is 0.463 e. The number of amides is 2. The average molecular weight is 565 g/mol. The fourth-order valence-corrected chi connectivity index (χ4v) is 5.39. The lowest BCUT2D eigenvalue weighted by molar-refractivity contribution is -0.142. The van der Waals surface area contributed by atoms with E-state index in [1.165, 1.54) is 4.90 Å². The fraction of sp³-hybridized carbons (Fsp3) is 0.370. The minimum atomic E-state index is -0.549. The summed E-state index contributed by atoms with van der Waals surface area (Å²) < 4.78 is 5.32. The number of nitrogens with zero attached hydrogens (tertiary/aromatic N) is 3. The zero-order chi connectivity index (χ0) is 26.7. The van der Waals surface area contributed by atoms with Crippen molar-refractivity contribution in [1.82, 2.24) is 9.80 Å². The molecular weight excluding hydrogens is 537 g/mol. The van der Waals surface area contributed by atoms with Crippen molar-refractivity contribution in [3.63, 3.8) is 0 Å². The van der Waals surface area contributed by atoms with Crippen LogP contribution in [0.4, 0.5) is 5.69 Å². The van der Waals surface area contributed by atoms with Gasteiger partial charge < -0.3 is 19.4 Å². The molecule has 0 bridgehead atoms. The van der Waals surface area contributed by atoms with Crippen LogP contribution >= 0.6 is 34.8 Å². The Morgan fingerprint density at radius 1 is 0.973 bits per heavy atom. The van der Waals surface area contributed by atoms with Gasteiger partial charge in [-0.2, -0.15) is 0 Å². The van der Waals surface area contributed by atoms with Crippen LogP contribution in [0.1, 0.15) is 31.7 Å². The third-order valence-electron chi connectivity index (χ3n) is 6.78. The summed E-state index contributed by atoms with van der Waals surface area (Å²) in [4.78, 5) is 44.7. The second-order valence-corrected chi connectivity index (χ2v) is 10.2. The smallest absolute Gasteiger partial charge is 0.336 e. The number of piperazine rings is 1. The molecule has 1 unspecified atom stereocenters. The highest BCUT2D eigenvalue weighted by Gasteiger charge is 2.38. The summed E-state index contributed by atoms with van der Waals surface area (Å²) in [6.45, 7) is 5.71. The fourth-order valence-electron chi connectivity index (χ4n) is 4.83. The van der Waals surface area contributed by atoms with Crippen molar-refractivity contribution in [3.8, 4) is 0 Å². The van der Waals surface area contributed by atoms with E-state index in [1.54, 1.807) is 36.9 Å². The third kappa shape index (κ3) is 5.89. The number of halogens is 3. The minimum Gasteiger partial charge on any atom is -0.463 e. The summed E-state index contributed by atoms with van der Waals surface area (Å²) in [5, 5.41) is 1.39. The van der Waals surface area contributed by atoms with Crippen LogP contribution in [-0.4, -0.2) is 66.9 Å². The van der Waals surface area contributed by atoms with Crippen LogP contribution in [-0.2, 0) is 19.1 Å². The summed E-state index contributed by atoms with van der Waals surface area (Å²) in [5.74, 6) is -1.49. The first kappa shape index (κ1) is 27.3. The lowest BCUT2D eigenvalue weighted by Crippen LogP contribution is -2.52. The van der Waals surface area contributed by atoms with Crippen LogP contribution in [0.5, 0.6) is 0 Å². The summed E-state index contributed by atoms with van der Waals surface area (Å²) >= 11 is 18.6. The number of ether oxygens (including phenoxy) is 1. The maximum Gasteiger partial charge on any atom is 0.336 e. The molecule has 4 rings (SSSR count). The molecule has 37 heavy (non-hydrogen) atoms. The number of anilines is 1. The molecule has 2 amide bonds. The molecule has 0 spiro atoms. The summed E-state index contributed by atoms with van der Waals surface area (Å²) in [6, 6.07) is 12.7. The molecule has 0 radical (unpaired) electrons. The van der Waals surface area contributed by atoms with Gasteiger partial charge >= 0.3 is 5.97 Å². The normalized spacial score (nSPS) is 18.4.